The maximum atomic E-state index is 11.8. The van der Waals surface area contributed by atoms with Crippen molar-refractivity contribution in [2.75, 3.05) is 13.6 Å². The number of carbonyl (C=O) groups is 1. The highest BCUT2D eigenvalue weighted by Gasteiger charge is 2.29. The first kappa shape index (κ1) is 14.4. The fourth-order valence-corrected chi connectivity index (χ4v) is 2.15. The summed E-state index contributed by atoms with van der Waals surface area (Å²) in [6, 6.07) is 1.06. The van der Waals surface area contributed by atoms with E-state index in [0.717, 1.165) is 0 Å². The smallest absolute Gasteiger partial charge is 0.229 e. The van der Waals surface area contributed by atoms with Gasteiger partial charge in [-0.15, -0.1) is 0 Å². The predicted molar refractivity (Wildman–Crippen MR) is 73.8 cm³/mol. The summed E-state index contributed by atoms with van der Waals surface area (Å²) >= 11 is 4.88. The molecule has 0 aliphatic heterocycles. The van der Waals surface area contributed by atoms with E-state index in [1.165, 1.54) is 12.8 Å². The van der Waals surface area contributed by atoms with Gasteiger partial charge in [-0.1, -0.05) is 19.1 Å². The molecule has 0 radical (unpaired) electrons. The topological polar surface area (TPSA) is 58.4 Å². The number of nitrogens with zero attached hydrogens (tertiary/aromatic N) is 1. The molecule has 1 saturated carbocycles. The number of amides is 1. The molecule has 1 amide bonds. The molecule has 5 heteroatoms. The first-order valence-electron chi connectivity index (χ1n) is 6.26. The third kappa shape index (κ3) is 4.24. The van der Waals surface area contributed by atoms with E-state index in [9.17, 15) is 4.79 Å². The van der Waals surface area contributed by atoms with E-state index in [4.69, 9.17) is 18.0 Å². The molecule has 17 heavy (non-hydrogen) atoms. The molecule has 0 aromatic rings. The maximum Gasteiger partial charge on any atom is 0.229 e. The van der Waals surface area contributed by atoms with Crippen LogP contribution in [-0.4, -0.2) is 41.5 Å². The second-order valence-corrected chi connectivity index (χ2v) is 5.33. The van der Waals surface area contributed by atoms with E-state index >= 15 is 0 Å². The minimum absolute atomic E-state index is 0.0453. The van der Waals surface area contributed by atoms with Crippen molar-refractivity contribution in [1.29, 1.82) is 0 Å². The zero-order valence-electron chi connectivity index (χ0n) is 10.9. The van der Waals surface area contributed by atoms with Crippen LogP contribution in [0.15, 0.2) is 0 Å². The van der Waals surface area contributed by atoms with Crippen LogP contribution in [0.5, 0.6) is 0 Å². The quantitative estimate of drug-likeness (QED) is 0.665. The summed E-state index contributed by atoms with van der Waals surface area (Å²) in [7, 11) is 2.11. The number of carbonyl (C=O) groups excluding carboxylic acids is 1. The normalized spacial score (nSPS) is 18.8. The predicted octanol–water partition coefficient (Wildman–Crippen LogP) is 0.898. The number of hydrogen-bond acceptors (Lipinski definition) is 3. The molecule has 1 rings (SSSR count). The Morgan fingerprint density at radius 3 is 2.59 bits per heavy atom. The van der Waals surface area contributed by atoms with E-state index in [-0.39, 0.29) is 16.8 Å². The van der Waals surface area contributed by atoms with Crippen LogP contribution in [0.3, 0.4) is 0 Å². The van der Waals surface area contributed by atoms with Crippen molar-refractivity contribution >= 4 is 23.1 Å². The van der Waals surface area contributed by atoms with Gasteiger partial charge in [-0.05, 0) is 33.2 Å². The molecule has 0 spiro atoms. The summed E-state index contributed by atoms with van der Waals surface area (Å²) in [5, 5.41) is 2.93. The Labute approximate surface area is 109 Å². The number of thiocarbonyl (C=S) groups is 1. The van der Waals surface area contributed by atoms with Gasteiger partial charge >= 0.3 is 0 Å². The highest BCUT2D eigenvalue weighted by atomic mass is 32.1. The first-order valence-corrected chi connectivity index (χ1v) is 6.67. The monoisotopic (exact) mass is 257 g/mol. The van der Waals surface area contributed by atoms with Crippen molar-refractivity contribution in [2.24, 2.45) is 11.7 Å². The van der Waals surface area contributed by atoms with Gasteiger partial charge < -0.3 is 11.1 Å². The Hall–Kier alpha value is -0.680. The summed E-state index contributed by atoms with van der Waals surface area (Å²) < 4.78 is 0. The average Bonchev–Trinajstić information content (AvgIpc) is 3.09. The first-order chi connectivity index (χ1) is 7.97. The van der Waals surface area contributed by atoms with E-state index < -0.39 is 0 Å². The molecule has 2 unspecified atom stereocenters. The van der Waals surface area contributed by atoms with Crippen molar-refractivity contribution in [2.45, 2.75) is 45.2 Å². The molecule has 2 atom stereocenters. The van der Waals surface area contributed by atoms with E-state index in [2.05, 4.69) is 24.2 Å². The molecule has 0 bridgehead atoms. The van der Waals surface area contributed by atoms with Crippen molar-refractivity contribution in [3.63, 3.8) is 0 Å². The highest BCUT2D eigenvalue weighted by molar-refractivity contribution is 7.80. The Morgan fingerprint density at radius 1 is 1.59 bits per heavy atom. The SMILES string of the molecule is CCC(C(=O)NCC(C)N(C)C1CC1)C(N)=S. The largest absolute Gasteiger partial charge is 0.393 e. The van der Waals surface area contributed by atoms with Gasteiger partial charge in [0, 0.05) is 18.6 Å². The summed E-state index contributed by atoms with van der Waals surface area (Å²) in [5.41, 5.74) is 5.53. The van der Waals surface area contributed by atoms with Gasteiger partial charge in [0.05, 0.1) is 10.9 Å². The van der Waals surface area contributed by atoms with Gasteiger partial charge in [0.15, 0.2) is 0 Å². The zero-order chi connectivity index (χ0) is 13.0. The Morgan fingerprint density at radius 2 is 2.18 bits per heavy atom. The molecule has 0 aromatic heterocycles. The third-order valence-corrected chi connectivity index (χ3v) is 3.74. The average molecular weight is 257 g/mol. The Balaban J connectivity index is 2.33. The lowest BCUT2D eigenvalue weighted by Gasteiger charge is -2.25. The van der Waals surface area contributed by atoms with Crippen LogP contribution in [0.2, 0.25) is 0 Å². The van der Waals surface area contributed by atoms with Crippen molar-refractivity contribution < 1.29 is 4.79 Å². The minimum atomic E-state index is -0.330. The van der Waals surface area contributed by atoms with Crippen LogP contribution in [0, 0.1) is 5.92 Å². The molecule has 1 fully saturated rings. The maximum absolute atomic E-state index is 11.8. The summed E-state index contributed by atoms with van der Waals surface area (Å²) in [5.74, 6) is -0.375. The van der Waals surface area contributed by atoms with Crippen LogP contribution < -0.4 is 11.1 Å². The minimum Gasteiger partial charge on any atom is -0.393 e. The fourth-order valence-electron chi connectivity index (χ4n) is 1.87. The second kappa shape index (κ2) is 6.31. The van der Waals surface area contributed by atoms with E-state index in [1.807, 2.05) is 6.92 Å². The van der Waals surface area contributed by atoms with Crippen LogP contribution in [-0.2, 0) is 4.79 Å². The molecule has 4 nitrogen and oxygen atoms in total. The van der Waals surface area contributed by atoms with Gasteiger partial charge in [-0.2, -0.15) is 0 Å². The number of likely N-dealkylation sites (N-methyl/N-ethyl adjacent to an activating group) is 1. The Bertz CT molecular complexity index is 291. The number of nitrogens with one attached hydrogen (secondary N) is 1. The van der Waals surface area contributed by atoms with Gasteiger partial charge in [-0.25, -0.2) is 0 Å². The molecule has 1 aliphatic rings. The van der Waals surface area contributed by atoms with Gasteiger partial charge in [-0.3, -0.25) is 9.69 Å². The van der Waals surface area contributed by atoms with Crippen molar-refractivity contribution in [3.8, 4) is 0 Å². The standard InChI is InChI=1S/C12H23N3OS/c1-4-10(11(13)17)12(16)14-7-8(2)15(3)9-5-6-9/h8-10H,4-7H2,1-3H3,(H2,13,17)(H,14,16). The lowest BCUT2D eigenvalue weighted by Crippen LogP contribution is -2.44. The second-order valence-electron chi connectivity index (χ2n) is 4.85. The molecule has 0 heterocycles. The van der Waals surface area contributed by atoms with Crippen LogP contribution >= 0.6 is 12.2 Å². The van der Waals surface area contributed by atoms with Gasteiger partial charge in [0.25, 0.3) is 0 Å². The Kier molecular flexibility index (Phi) is 5.33. The van der Waals surface area contributed by atoms with Crippen LogP contribution in [0.25, 0.3) is 0 Å². The molecule has 1 aliphatic carbocycles. The molecule has 3 N–H and O–H groups in total. The van der Waals surface area contributed by atoms with Crippen molar-refractivity contribution in [1.82, 2.24) is 10.2 Å². The molecule has 98 valence electrons. The molecular formula is C12H23N3OS. The molecular weight excluding hydrogens is 234 g/mol. The van der Waals surface area contributed by atoms with Crippen molar-refractivity contribution in [3.05, 3.63) is 0 Å². The molecule has 0 aromatic carbocycles. The summed E-state index contributed by atoms with van der Waals surface area (Å²) in [4.78, 5) is 14.4. The lowest BCUT2D eigenvalue weighted by atomic mass is 10.1. The number of hydrogen-bond donors (Lipinski definition) is 2. The van der Waals surface area contributed by atoms with Crippen LogP contribution in [0.4, 0.5) is 0 Å². The summed E-state index contributed by atoms with van der Waals surface area (Å²) in [6.45, 7) is 4.70. The fraction of sp³-hybridized carbons (Fsp3) is 0.833. The van der Waals surface area contributed by atoms with Gasteiger partial charge in [0.1, 0.15) is 0 Å². The summed E-state index contributed by atoms with van der Waals surface area (Å²) in [6.07, 6.45) is 3.21. The highest BCUT2D eigenvalue weighted by Crippen LogP contribution is 2.26. The number of rotatable bonds is 7. The third-order valence-electron chi connectivity index (χ3n) is 3.46. The van der Waals surface area contributed by atoms with E-state index in [0.29, 0.717) is 25.0 Å². The van der Waals surface area contributed by atoms with Crippen LogP contribution in [0.1, 0.15) is 33.1 Å². The lowest BCUT2D eigenvalue weighted by molar-refractivity contribution is -0.123. The van der Waals surface area contributed by atoms with Gasteiger partial charge in [0.2, 0.25) is 5.91 Å². The number of nitrogens with two attached hydrogens (primary N) is 1. The van der Waals surface area contributed by atoms with E-state index in [1.54, 1.807) is 0 Å². The molecule has 0 saturated heterocycles. The zero-order valence-corrected chi connectivity index (χ0v) is 11.7.